The van der Waals surface area contributed by atoms with Gasteiger partial charge in [0.2, 0.25) is 5.91 Å². The Bertz CT molecular complexity index is 422. The molecule has 3 saturated carbocycles. The van der Waals surface area contributed by atoms with Crippen LogP contribution in [0, 0.1) is 35.0 Å². The lowest BCUT2D eigenvalue weighted by molar-refractivity contribution is -0.135. The number of fused-ring (bicyclic) bond motifs is 5. The maximum atomic E-state index is 12.8. The molecular formula is C17H27ClN2O. The Kier molecular flexibility index (Phi) is 3.31. The van der Waals surface area contributed by atoms with Crippen molar-refractivity contribution >= 4 is 18.3 Å². The van der Waals surface area contributed by atoms with Gasteiger partial charge in [-0.2, -0.15) is 0 Å². The predicted octanol–water partition coefficient (Wildman–Crippen LogP) is 2.30. The molecule has 4 atom stereocenters. The summed E-state index contributed by atoms with van der Waals surface area (Å²) < 4.78 is 0. The van der Waals surface area contributed by atoms with Gasteiger partial charge in [-0.3, -0.25) is 4.79 Å². The lowest BCUT2D eigenvalue weighted by Crippen LogP contribution is -2.45. The summed E-state index contributed by atoms with van der Waals surface area (Å²) in [5.41, 5.74) is 0.537. The largest absolute Gasteiger partial charge is 0.342 e. The van der Waals surface area contributed by atoms with Gasteiger partial charge >= 0.3 is 0 Å². The standard InChI is InChI=1S/C17H26N2O.ClH/c20-16(15-13-11-1-2-12(9-11)14(13)15)19-7-4-17(5-8-19)3-6-18-10-17;/h11-15,18H,1-10H2;1H. The number of hydrogen-bond acceptors (Lipinski definition) is 2. The lowest BCUT2D eigenvalue weighted by atomic mass is 9.77. The van der Waals surface area contributed by atoms with Crippen molar-refractivity contribution in [3.63, 3.8) is 0 Å². The van der Waals surface area contributed by atoms with Crippen molar-refractivity contribution in [1.82, 2.24) is 10.2 Å². The zero-order valence-electron chi connectivity index (χ0n) is 12.7. The number of nitrogens with zero attached hydrogens (tertiary/aromatic N) is 1. The maximum absolute atomic E-state index is 12.8. The molecule has 4 unspecified atom stereocenters. The topological polar surface area (TPSA) is 32.3 Å². The smallest absolute Gasteiger partial charge is 0.226 e. The highest BCUT2D eigenvalue weighted by Gasteiger charge is 2.68. The summed E-state index contributed by atoms with van der Waals surface area (Å²) in [6.07, 6.45) is 8.10. The molecule has 2 aliphatic heterocycles. The second-order valence-corrected chi connectivity index (χ2v) is 8.27. The molecule has 0 aromatic carbocycles. The minimum absolute atomic E-state index is 0. The van der Waals surface area contributed by atoms with E-state index in [9.17, 15) is 4.79 Å². The van der Waals surface area contributed by atoms with Crippen LogP contribution in [0.3, 0.4) is 0 Å². The number of likely N-dealkylation sites (tertiary alicyclic amines) is 1. The Morgan fingerprint density at radius 2 is 1.71 bits per heavy atom. The van der Waals surface area contributed by atoms with Crippen LogP contribution in [0.25, 0.3) is 0 Å². The van der Waals surface area contributed by atoms with Crippen molar-refractivity contribution in [2.45, 2.75) is 38.5 Å². The average molecular weight is 311 g/mol. The van der Waals surface area contributed by atoms with E-state index in [1.165, 1.54) is 51.6 Å². The van der Waals surface area contributed by atoms with Crippen molar-refractivity contribution in [3.8, 4) is 0 Å². The molecule has 5 fully saturated rings. The van der Waals surface area contributed by atoms with E-state index in [1.54, 1.807) is 0 Å². The number of nitrogens with one attached hydrogen (secondary N) is 1. The molecule has 1 amide bonds. The second kappa shape index (κ2) is 4.86. The first kappa shape index (κ1) is 14.3. The van der Waals surface area contributed by atoms with Crippen LogP contribution in [0.15, 0.2) is 0 Å². The number of amides is 1. The third kappa shape index (κ3) is 1.99. The normalized spacial score (nSPS) is 45.5. The summed E-state index contributed by atoms with van der Waals surface area (Å²) in [5.74, 6) is 4.47. The van der Waals surface area contributed by atoms with Crippen LogP contribution < -0.4 is 5.32 Å². The minimum atomic E-state index is 0. The molecule has 1 N–H and O–H groups in total. The number of carbonyl (C=O) groups is 1. The van der Waals surface area contributed by atoms with E-state index < -0.39 is 0 Å². The Labute approximate surface area is 133 Å². The molecule has 21 heavy (non-hydrogen) atoms. The number of carbonyl (C=O) groups excluding carboxylic acids is 1. The SMILES string of the molecule is Cl.O=C(C1C2C3CCC(C3)C12)N1CCC2(CCNC2)CC1. The van der Waals surface area contributed by atoms with Gasteiger partial charge in [0, 0.05) is 25.6 Å². The fourth-order valence-corrected chi connectivity index (χ4v) is 6.29. The van der Waals surface area contributed by atoms with E-state index >= 15 is 0 Å². The quantitative estimate of drug-likeness (QED) is 0.806. The number of halogens is 1. The highest BCUT2D eigenvalue weighted by molar-refractivity contribution is 5.85. The molecule has 0 radical (unpaired) electrons. The van der Waals surface area contributed by atoms with Crippen LogP contribution in [-0.4, -0.2) is 37.0 Å². The Morgan fingerprint density at radius 1 is 1.05 bits per heavy atom. The summed E-state index contributed by atoms with van der Waals surface area (Å²) in [4.78, 5) is 15.0. The van der Waals surface area contributed by atoms with E-state index in [1.807, 2.05) is 0 Å². The van der Waals surface area contributed by atoms with Gasteiger partial charge in [0.1, 0.15) is 0 Å². The number of piperidine rings is 1. The highest BCUT2D eigenvalue weighted by Crippen LogP contribution is 2.69. The van der Waals surface area contributed by atoms with Crippen LogP contribution in [0.4, 0.5) is 0 Å². The summed E-state index contributed by atoms with van der Waals surface area (Å²) in [7, 11) is 0. The third-order valence-electron chi connectivity index (χ3n) is 7.49. The zero-order chi connectivity index (χ0) is 13.3. The van der Waals surface area contributed by atoms with Gasteiger partial charge in [0.05, 0.1) is 0 Å². The molecular weight excluding hydrogens is 284 g/mol. The second-order valence-electron chi connectivity index (χ2n) is 8.27. The molecule has 2 heterocycles. The molecule has 3 aliphatic carbocycles. The van der Waals surface area contributed by atoms with E-state index in [2.05, 4.69) is 10.2 Å². The van der Waals surface area contributed by atoms with E-state index in [-0.39, 0.29) is 12.4 Å². The third-order valence-corrected chi connectivity index (χ3v) is 7.49. The summed E-state index contributed by atoms with van der Waals surface area (Å²) in [6.45, 7) is 4.44. The summed E-state index contributed by atoms with van der Waals surface area (Å²) >= 11 is 0. The van der Waals surface area contributed by atoms with E-state index in [0.717, 1.165) is 36.8 Å². The maximum Gasteiger partial charge on any atom is 0.226 e. The monoisotopic (exact) mass is 310 g/mol. The summed E-state index contributed by atoms with van der Waals surface area (Å²) in [5, 5.41) is 3.51. The first-order valence-corrected chi connectivity index (χ1v) is 8.77. The number of rotatable bonds is 1. The first-order valence-electron chi connectivity index (χ1n) is 8.77. The zero-order valence-corrected chi connectivity index (χ0v) is 13.5. The van der Waals surface area contributed by atoms with Gasteiger partial charge in [0.15, 0.2) is 0 Å². The Hall–Kier alpha value is -0.280. The Morgan fingerprint density at radius 3 is 2.29 bits per heavy atom. The van der Waals surface area contributed by atoms with Crippen LogP contribution in [0.1, 0.15) is 38.5 Å². The molecule has 5 aliphatic rings. The van der Waals surface area contributed by atoms with E-state index in [0.29, 0.717) is 17.2 Å². The lowest BCUT2D eigenvalue weighted by Gasteiger charge is -2.39. The summed E-state index contributed by atoms with van der Waals surface area (Å²) in [6, 6.07) is 0. The van der Waals surface area contributed by atoms with Gasteiger partial charge < -0.3 is 10.2 Å². The minimum Gasteiger partial charge on any atom is -0.342 e. The van der Waals surface area contributed by atoms with Gasteiger partial charge in [-0.25, -0.2) is 0 Å². The van der Waals surface area contributed by atoms with Crippen LogP contribution in [0.2, 0.25) is 0 Å². The fraction of sp³-hybridized carbons (Fsp3) is 0.941. The van der Waals surface area contributed by atoms with Crippen molar-refractivity contribution in [1.29, 1.82) is 0 Å². The molecule has 118 valence electrons. The van der Waals surface area contributed by atoms with Gasteiger partial charge in [-0.1, -0.05) is 0 Å². The molecule has 0 aromatic heterocycles. The first-order chi connectivity index (χ1) is 9.77. The van der Waals surface area contributed by atoms with Crippen LogP contribution in [0.5, 0.6) is 0 Å². The van der Waals surface area contributed by atoms with Gasteiger partial charge in [-0.15, -0.1) is 12.4 Å². The Balaban J connectivity index is 0.00000115. The fourth-order valence-electron chi connectivity index (χ4n) is 6.29. The van der Waals surface area contributed by atoms with Gasteiger partial charge in [-0.05, 0) is 74.2 Å². The molecule has 1 spiro atoms. The average Bonchev–Trinajstić information content (AvgIpc) is 2.85. The molecule has 3 nitrogen and oxygen atoms in total. The van der Waals surface area contributed by atoms with Crippen molar-refractivity contribution in [2.24, 2.45) is 35.0 Å². The van der Waals surface area contributed by atoms with Gasteiger partial charge in [0.25, 0.3) is 0 Å². The number of hydrogen-bond donors (Lipinski definition) is 1. The van der Waals surface area contributed by atoms with Crippen molar-refractivity contribution < 1.29 is 4.79 Å². The van der Waals surface area contributed by atoms with Crippen LogP contribution >= 0.6 is 12.4 Å². The molecule has 4 heteroatoms. The highest BCUT2D eigenvalue weighted by atomic mass is 35.5. The predicted molar refractivity (Wildman–Crippen MR) is 84.3 cm³/mol. The van der Waals surface area contributed by atoms with Crippen molar-refractivity contribution in [2.75, 3.05) is 26.2 Å². The molecule has 2 bridgehead atoms. The van der Waals surface area contributed by atoms with Crippen molar-refractivity contribution in [3.05, 3.63) is 0 Å². The molecule has 0 aromatic rings. The molecule has 5 rings (SSSR count). The van der Waals surface area contributed by atoms with E-state index in [4.69, 9.17) is 0 Å². The molecule has 2 saturated heterocycles. The van der Waals surface area contributed by atoms with Crippen LogP contribution in [-0.2, 0) is 4.79 Å².